The van der Waals surface area contributed by atoms with Gasteiger partial charge in [-0.05, 0) is 41.7 Å². The molecule has 0 aliphatic carbocycles. The highest BCUT2D eigenvalue weighted by molar-refractivity contribution is 6.31. The molecule has 0 amide bonds. The molecule has 2 heterocycles. The molecular weight excluding hydrogens is 440 g/mol. The average Bonchev–Trinajstić information content (AvgIpc) is 3.21. The Balaban J connectivity index is 1.32. The second-order valence-electron chi connectivity index (χ2n) is 9.21. The monoisotopic (exact) mass is 470 g/mol. The standard InChI is InChI=1S/C29H31ClN4/c1-22-10-12-23(13-11-22)18-34-21-31-16-26(34)17-32-29-20-33(19-25-7-3-5-9-28(25)30)15-14-24-6-2-4-8-27(24)29/h2-13,16,21,29,32H,14-15,17-20H2,1H3. The van der Waals surface area contributed by atoms with Gasteiger partial charge in [0.2, 0.25) is 0 Å². The zero-order valence-corrected chi connectivity index (χ0v) is 20.4. The lowest BCUT2D eigenvalue weighted by Gasteiger charge is -2.26. The maximum atomic E-state index is 6.48. The van der Waals surface area contributed by atoms with E-state index in [1.807, 2.05) is 24.7 Å². The third kappa shape index (κ3) is 5.41. The molecule has 3 aromatic carbocycles. The summed E-state index contributed by atoms with van der Waals surface area (Å²) >= 11 is 6.48. The number of nitrogens with one attached hydrogen (secondary N) is 1. The summed E-state index contributed by atoms with van der Waals surface area (Å²) in [6.07, 6.45) is 4.96. The first kappa shape index (κ1) is 22.9. The van der Waals surface area contributed by atoms with Gasteiger partial charge in [-0.25, -0.2) is 4.98 Å². The molecule has 174 valence electrons. The van der Waals surface area contributed by atoms with E-state index in [4.69, 9.17) is 11.6 Å². The minimum absolute atomic E-state index is 0.240. The molecule has 0 spiro atoms. The summed E-state index contributed by atoms with van der Waals surface area (Å²) in [6, 6.07) is 26.0. The number of rotatable bonds is 7. The van der Waals surface area contributed by atoms with E-state index in [-0.39, 0.29) is 6.04 Å². The number of hydrogen-bond donors (Lipinski definition) is 1. The smallest absolute Gasteiger partial charge is 0.0951 e. The van der Waals surface area contributed by atoms with E-state index in [2.05, 4.69) is 87.4 Å². The van der Waals surface area contributed by atoms with Gasteiger partial charge in [0.1, 0.15) is 0 Å². The molecular formula is C29H31ClN4. The molecule has 0 bridgehead atoms. The summed E-state index contributed by atoms with van der Waals surface area (Å²) in [5, 5.41) is 4.69. The summed E-state index contributed by atoms with van der Waals surface area (Å²) in [6.45, 7) is 6.54. The van der Waals surface area contributed by atoms with Crippen molar-refractivity contribution in [2.45, 2.75) is 39.0 Å². The van der Waals surface area contributed by atoms with Crippen LogP contribution in [0.15, 0.2) is 85.3 Å². The SMILES string of the molecule is Cc1ccc(Cn2cncc2CNC2CN(Cc3ccccc3Cl)CCc3ccccc32)cc1. The van der Waals surface area contributed by atoms with Crippen LogP contribution in [0.2, 0.25) is 5.02 Å². The highest BCUT2D eigenvalue weighted by Crippen LogP contribution is 2.26. The van der Waals surface area contributed by atoms with E-state index >= 15 is 0 Å². The second kappa shape index (κ2) is 10.6. The molecule has 0 saturated carbocycles. The fourth-order valence-electron chi connectivity index (χ4n) is 4.77. The number of imidazole rings is 1. The maximum absolute atomic E-state index is 6.48. The van der Waals surface area contributed by atoms with Gasteiger partial charge in [0.25, 0.3) is 0 Å². The molecule has 4 nitrogen and oxygen atoms in total. The maximum Gasteiger partial charge on any atom is 0.0951 e. The van der Waals surface area contributed by atoms with Gasteiger partial charge in [-0.15, -0.1) is 0 Å². The van der Waals surface area contributed by atoms with Crippen LogP contribution in [-0.4, -0.2) is 27.5 Å². The molecule has 1 unspecified atom stereocenters. The van der Waals surface area contributed by atoms with E-state index in [9.17, 15) is 0 Å². The molecule has 0 fully saturated rings. The van der Waals surface area contributed by atoms with Gasteiger partial charge in [-0.2, -0.15) is 0 Å². The predicted molar refractivity (Wildman–Crippen MR) is 139 cm³/mol. The van der Waals surface area contributed by atoms with Crippen LogP contribution in [-0.2, 0) is 26.1 Å². The van der Waals surface area contributed by atoms with Crippen LogP contribution in [0.4, 0.5) is 0 Å². The number of halogens is 1. The Morgan fingerprint density at radius 2 is 1.76 bits per heavy atom. The minimum Gasteiger partial charge on any atom is -0.329 e. The Morgan fingerprint density at radius 1 is 0.971 bits per heavy atom. The van der Waals surface area contributed by atoms with Crippen LogP contribution in [0.25, 0.3) is 0 Å². The molecule has 0 radical (unpaired) electrons. The molecule has 1 atom stereocenters. The van der Waals surface area contributed by atoms with Crippen molar-refractivity contribution in [3.8, 4) is 0 Å². The van der Waals surface area contributed by atoms with Crippen molar-refractivity contribution in [3.63, 3.8) is 0 Å². The normalized spacial score (nSPS) is 16.2. The number of benzene rings is 3. The predicted octanol–water partition coefficient (Wildman–Crippen LogP) is 5.78. The van der Waals surface area contributed by atoms with Gasteiger partial charge in [-0.3, -0.25) is 4.90 Å². The molecule has 1 aliphatic rings. The topological polar surface area (TPSA) is 33.1 Å². The molecule has 34 heavy (non-hydrogen) atoms. The zero-order chi connectivity index (χ0) is 23.3. The first-order valence-corrected chi connectivity index (χ1v) is 12.3. The zero-order valence-electron chi connectivity index (χ0n) is 19.6. The molecule has 1 N–H and O–H groups in total. The first-order valence-electron chi connectivity index (χ1n) is 12.0. The van der Waals surface area contributed by atoms with Crippen LogP contribution in [0, 0.1) is 6.92 Å². The third-order valence-corrected chi connectivity index (χ3v) is 7.09. The lowest BCUT2D eigenvalue weighted by atomic mass is 9.99. The van der Waals surface area contributed by atoms with Gasteiger partial charge >= 0.3 is 0 Å². The van der Waals surface area contributed by atoms with Crippen molar-refractivity contribution < 1.29 is 0 Å². The first-order chi connectivity index (χ1) is 16.7. The summed E-state index contributed by atoms with van der Waals surface area (Å²) in [5.74, 6) is 0. The van der Waals surface area contributed by atoms with Gasteiger partial charge in [-0.1, -0.05) is 83.9 Å². The number of nitrogens with zero attached hydrogens (tertiary/aromatic N) is 3. The summed E-state index contributed by atoms with van der Waals surface area (Å²) in [4.78, 5) is 6.96. The quantitative estimate of drug-likeness (QED) is 0.371. The van der Waals surface area contributed by atoms with Crippen LogP contribution in [0.1, 0.15) is 39.6 Å². The average molecular weight is 471 g/mol. The van der Waals surface area contributed by atoms with Gasteiger partial charge in [0, 0.05) is 50.0 Å². The number of aromatic nitrogens is 2. The summed E-state index contributed by atoms with van der Waals surface area (Å²) < 4.78 is 2.24. The third-order valence-electron chi connectivity index (χ3n) is 6.72. The van der Waals surface area contributed by atoms with Crippen LogP contribution in [0.3, 0.4) is 0 Å². The Morgan fingerprint density at radius 3 is 2.62 bits per heavy atom. The van der Waals surface area contributed by atoms with Crippen molar-refractivity contribution in [2.24, 2.45) is 0 Å². The lowest BCUT2D eigenvalue weighted by Crippen LogP contribution is -2.34. The van der Waals surface area contributed by atoms with Crippen molar-refractivity contribution in [2.75, 3.05) is 13.1 Å². The number of hydrogen-bond acceptors (Lipinski definition) is 3. The lowest BCUT2D eigenvalue weighted by molar-refractivity contribution is 0.245. The van der Waals surface area contributed by atoms with Gasteiger partial charge in [0.05, 0.1) is 12.0 Å². The van der Waals surface area contributed by atoms with E-state index in [0.717, 1.165) is 44.2 Å². The Bertz CT molecular complexity index is 1230. The van der Waals surface area contributed by atoms with Crippen molar-refractivity contribution >= 4 is 11.6 Å². The minimum atomic E-state index is 0.240. The molecule has 4 aromatic rings. The number of aryl methyl sites for hydroxylation is 1. The van der Waals surface area contributed by atoms with Crippen LogP contribution >= 0.6 is 11.6 Å². The van der Waals surface area contributed by atoms with Crippen molar-refractivity contribution in [1.82, 2.24) is 19.8 Å². The molecule has 1 aliphatic heterocycles. The highest BCUT2D eigenvalue weighted by atomic mass is 35.5. The highest BCUT2D eigenvalue weighted by Gasteiger charge is 2.23. The number of fused-ring (bicyclic) bond motifs is 1. The Labute approximate surface area is 207 Å². The molecule has 1 aromatic heterocycles. The Kier molecular flexibility index (Phi) is 7.10. The fraction of sp³-hybridized carbons (Fsp3) is 0.276. The van der Waals surface area contributed by atoms with Crippen LogP contribution in [0.5, 0.6) is 0 Å². The largest absolute Gasteiger partial charge is 0.329 e. The summed E-state index contributed by atoms with van der Waals surface area (Å²) in [5.41, 5.74) is 7.77. The van der Waals surface area contributed by atoms with Crippen LogP contribution < -0.4 is 5.32 Å². The van der Waals surface area contributed by atoms with Gasteiger partial charge in [0.15, 0.2) is 0 Å². The van der Waals surface area contributed by atoms with Crippen molar-refractivity contribution in [1.29, 1.82) is 0 Å². The molecule has 0 saturated heterocycles. The van der Waals surface area contributed by atoms with E-state index < -0.39 is 0 Å². The van der Waals surface area contributed by atoms with E-state index in [1.165, 1.54) is 33.5 Å². The second-order valence-corrected chi connectivity index (χ2v) is 9.61. The fourth-order valence-corrected chi connectivity index (χ4v) is 4.97. The van der Waals surface area contributed by atoms with E-state index in [0.29, 0.717) is 0 Å². The van der Waals surface area contributed by atoms with Crippen molar-refractivity contribution in [3.05, 3.63) is 124 Å². The Hall–Kier alpha value is -2.92. The molecule has 5 rings (SSSR count). The van der Waals surface area contributed by atoms with E-state index in [1.54, 1.807) is 0 Å². The van der Waals surface area contributed by atoms with Gasteiger partial charge < -0.3 is 9.88 Å². The summed E-state index contributed by atoms with van der Waals surface area (Å²) in [7, 11) is 0. The molecule has 5 heteroatoms.